The second-order valence-electron chi connectivity index (χ2n) is 3.24. The largest absolute Gasteiger partial charge is 0.501 e. The van der Waals surface area contributed by atoms with Gasteiger partial charge in [0, 0.05) is 5.56 Å². The maximum absolute atomic E-state index is 12.8. The highest BCUT2D eigenvalue weighted by molar-refractivity contribution is 6.31. The second-order valence-corrected chi connectivity index (χ2v) is 3.65. The zero-order valence-corrected chi connectivity index (χ0v) is 8.66. The van der Waals surface area contributed by atoms with Crippen LogP contribution in [0.25, 0.3) is 0 Å². The SMILES string of the molecule is NC1=C(O)C(=O)C(c2ccc(F)cc2Cl)O1. The summed E-state index contributed by atoms with van der Waals surface area (Å²) < 4.78 is 17.7. The zero-order chi connectivity index (χ0) is 11.9. The van der Waals surface area contributed by atoms with Gasteiger partial charge in [-0.15, -0.1) is 0 Å². The molecule has 1 aromatic rings. The standard InChI is InChI=1S/C10H7ClFNO3/c11-6-3-4(12)1-2-5(6)9-7(14)8(15)10(13)16-9/h1-3,9,15H,13H2. The maximum atomic E-state index is 12.8. The molecule has 0 fully saturated rings. The van der Waals surface area contributed by atoms with E-state index in [0.717, 1.165) is 12.1 Å². The zero-order valence-electron chi connectivity index (χ0n) is 7.91. The number of ether oxygens (including phenoxy) is 1. The van der Waals surface area contributed by atoms with Crippen LogP contribution in [0.15, 0.2) is 29.8 Å². The third kappa shape index (κ3) is 1.59. The van der Waals surface area contributed by atoms with Crippen molar-refractivity contribution < 1.29 is 19.0 Å². The molecule has 84 valence electrons. The quantitative estimate of drug-likeness (QED) is 0.789. The first kappa shape index (κ1) is 10.8. The van der Waals surface area contributed by atoms with Gasteiger partial charge in [-0.05, 0) is 12.1 Å². The molecule has 0 saturated heterocycles. The first-order valence-corrected chi connectivity index (χ1v) is 4.73. The first-order chi connectivity index (χ1) is 7.50. The number of carbonyl (C=O) groups is 1. The lowest BCUT2D eigenvalue weighted by Crippen LogP contribution is -2.10. The number of hydrogen-bond donors (Lipinski definition) is 2. The second kappa shape index (κ2) is 3.68. The predicted octanol–water partition coefficient (Wildman–Crippen LogP) is 1.81. The Morgan fingerprint density at radius 2 is 2.19 bits per heavy atom. The lowest BCUT2D eigenvalue weighted by Gasteiger charge is -2.11. The van der Waals surface area contributed by atoms with Crippen LogP contribution < -0.4 is 5.73 Å². The maximum Gasteiger partial charge on any atom is 0.247 e. The van der Waals surface area contributed by atoms with Crippen molar-refractivity contribution in [1.29, 1.82) is 0 Å². The molecule has 3 N–H and O–H groups in total. The number of benzene rings is 1. The topological polar surface area (TPSA) is 72.5 Å². The number of rotatable bonds is 1. The Hall–Kier alpha value is -1.75. The molecule has 1 aromatic carbocycles. The third-order valence-electron chi connectivity index (χ3n) is 2.19. The number of nitrogens with two attached hydrogens (primary N) is 1. The molecule has 1 aliphatic heterocycles. The van der Waals surface area contributed by atoms with Crippen molar-refractivity contribution in [1.82, 2.24) is 0 Å². The van der Waals surface area contributed by atoms with Gasteiger partial charge >= 0.3 is 0 Å². The van der Waals surface area contributed by atoms with Crippen LogP contribution in [0.2, 0.25) is 5.02 Å². The lowest BCUT2D eigenvalue weighted by molar-refractivity contribution is -0.123. The summed E-state index contributed by atoms with van der Waals surface area (Å²) in [5, 5.41) is 9.25. The third-order valence-corrected chi connectivity index (χ3v) is 2.52. The molecular formula is C10H7ClFNO3. The summed E-state index contributed by atoms with van der Waals surface area (Å²) in [7, 11) is 0. The normalized spacial score (nSPS) is 20.1. The molecule has 16 heavy (non-hydrogen) atoms. The smallest absolute Gasteiger partial charge is 0.247 e. The van der Waals surface area contributed by atoms with Crippen LogP contribution in [0.1, 0.15) is 11.7 Å². The molecule has 1 heterocycles. The number of hydrogen-bond acceptors (Lipinski definition) is 4. The van der Waals surface area contributed by atoms with E-state index in [2.05, 4.69) is 0 Å². The molecule has 6 heteroatoms. The van der Waals surface area contributed by atoms with Gasteiger partial charge in [0.1, 0.15) is 5.82 Å². The Kier molecular flexibility index (Phi) is 2.47. The summed E-state index contributed by atoms with van der Waals surface area (Å²) in [6.07, 6.45) is -1.10. The first-order valence-electron chi connectivity index (χ1n) is 4.35. The Bertz CT molecular complexity index is 501. The van der Waals surface area contributed by atoms with Crippen molar-refractivity contribution in [3.05, 3.63) is 46.2 Å². The van der Waals surface area contributed by atoms with E-state index in [-0.39, 0.29) is 16.5 Å². The van der Waals surface area contributed by atoms with Gasteiger partial charge in [0.25, 0.3) is 0 Å². The molecule has 1 atom stereocenters. The molecule has 4 nitrogen and oxygen atoms in total. The van der Waals surface area contributed by atoms with Crippen molar-refractivity contribution in [2.24, 2.45) is 5.73 Å². The van der Waals surface area contributed by atoms with E-state index in [9.17, 15) is 14.3 Å². The van der Waals surface area contributed by atoms with Crippen LogP contribution in [0.5, 0.6) is 0 Å². The molecular weight excluding hydrogens is 237 g/mol. The number of carbonyl (C=O) groups excluding carboxylic acids is 1. The van der Waals surface area contributed by atoms with Crippen molar-refractivity contribution in [2.75, 3.05) is 0 Å². The molecule has 0 aromatic heterocycles. The molecule has 0 radical (unpaired) electrons. The highest BCUT2D eigenvalue weighted by atomic mass is 35.5. The van der Waals surface area contributed by atoms with Crippen LogP contribution in [-0.4, -0.2) is 10.9 Å². The Morgan fingerprint density at radius 3 is 2.69 bits per heavy atom. The van der Waals surface area contributed by atoms with Crippen LogP contribution in [0.3, 0.4) is 0 Å². The van der Waals surface area contributed by atoms with E-state index >= 15 is 0 Å². The van der Waals surface area contributed by atoms with Crippen molar-refractivity contribution >= 4 is 17.4 Å². The predicted molar refractivity (Wildman–Crippen MR) is 54.1 cm³/mol. The average molecular weight is 244 g/mol. The van der Waals surface area contributed by atoms with Gasteiger partial charge < -0.3 is 15.6 Å². The molecule has 1 unspecified atom stereocenters. The highest BCUT2D eigenvalue weighted by Gasteiger charge is 2.36. The van der Waals surface area contributed by atoms with E-state index < -0.39 is 23.5 Å². The van der Waals surface area contributed by atoms with E-state index in [1.807, 2.05) is 0 Å². The average Bonchev–Trinajstić information content (AvgIpc) is 2.46. The number of halogens is 2. The summed E-state index contributed by atoms with van der Waals surface area (Å²) in [5.41, 5.74) is 5.51. The fraction of sp³-hybridized carbons (Fsp3) is 0.100. The fourth-order valence-corrected chi connectivity index (χ4v) is 1.67. The summed E-state index contributed by atoms with van der Waals surface area (Å²) >= 11 is 5.76. The Labute approximate surface area is 95.1 Å². The van der Waals surface area contributed by atoms with E-state index in [1.54, 1.807) is 0 Å². The molecule has 0 spiro atoms. The van der Waals surface area contributed by atoms with Gasteiger partial charge in [0.15, 0.2) is 6.10 Å². The summed E-state index contributed by atoms with van der Waals surface area (Å²) in [4.78, 5) is 11.5. The minimum atomic E-state index is -1.10. The van der Waals surface area contributed by atoms with Gasteiger partial charge in [-0.2, -0.15) is 0 Å². The Morgan fingerprint density at radius 1 is 1.50 bits per heavy atom. The van der Waals surface area contributed by atoms with Crippen molar-refractivity contribution in [3.63, 3.8) is 0 Å². The van der Waals surface area contributed by atoms with Crippen LogP contribution in [-0.2, 0) is 9.53 Å². The van der Waals surface area contributed by atoms with E-state index in [0.29, 0.717) is 0 Å². The number of ketones is 1. The van der Waals surface area contributed by atoms with E-state index in [1.165, 1.54) is 6.07 Å². The summed E-state index contributed by atoms with van der Waals surface area (Å²) in [6.45, 7) is 0. The lowest BCUT2D eigenvalue weighted by atomic mass is 10.1. The molecule has 1 aliphatic rings. The number of aliphatic hydroxyl groups excluding tert-OH is 1. The molecule has 0 amide bonds. The van der Waals surface area contributed by atoms with Gasteiger partial charge in [-0.25, -0.2) is 4.39 Å². The summed E-state index contributed by atoms with van der Waals surface area (Å²) in [5.74, 6) is -2.20. The Balaban J connectivity index is 2.38. The van der Waals surface area contributed by atoms with Crippen LogP contribution in [0, 0.1) is 5.82 Å². The molecule has 2 rings (SSSR count). The van der Waals surface area contributed by atoms with Crippen LogP contribution >= 0.6 is 11.6 Å². The van der Waals surface area contributed by atoms with Gasteiger partial charge in [0.2, 0.25) is 17.4 Å². The van der Waals surface area contributed by atoms with Crippen molar-refractivity contribution in [3.8, 4) is 0 Å². The minimum Gasteiger partial charge on any atom is -0.501 e. The highest BCUT2D eigenvalue weighted by Crippen LogP contribution is 2.33. The monoisotopic (exact) mass is 243 g/mol. The van der Waals surface area contributed by atoms with Crippen molar-refractivity contribution in [2.45, 2.75) is 6.10 Å². The number of Topliss-reactive ketones (excluding diaryl/α,β-unsaturated/α-hetero) is 1. The van der Waals surface area contributed by atoms with Gasteiger partial charge in [-0.3, -0.25) is 4.79 Å². The number of aliphatic hydroxyl groups is 1. The molecule has 0 aliphatic carbocycles. The van der Waals surface area contributed by atoms with Gasteiger partial charge in [-0.1, -0.05) is 17.7 Å². The van der Waals surface area contributed by atoms with E-state index in [4.69, 9.17) is 22.1 Å². The van der Waals surface area contributed by atoms with Gasteiger partial charge in [0.05, 0.1) is 5.02 Å². The minimum absolute atomic E-state index is 0.0425. The fourth-order valence-electron chi connectivity index (χ4n) is 1.40. The molecule has 0 bridgehead atoms. The molecule has 0 saturated carbocycles. The summed E-state index contributed by atoms with van der Waals surface area (Å²) in [6, 6.07) is 3.51. The van der Waals surface area contributed by atoms with Crippen LogP contribution in [0.4, 0.5) is 4.39 Å².